The number of phenolic OH excluding ortho intramolecular Hbond substituents is 2. The SMILES string of the molecule is CCCCC(=Nc1ccccc1)C(CCCC)=Nc1ccccc1.CCCCc1c(CC)cc(O)c(O)c1C(=O)[O-].CCCCc1c(CC)cc(O)c(O)c1C(=O)[O-].[Ni+2]. The van der Waals surface area contributed by atoms with Crippen molar-refractivity contribution in [1.29, 1.82) is 0 Å². The number of rotatable bonds is 19. The van der Waals surface area contributed by atoms with Crippen LogP contribution >= 0.6 is 0 Å². The maximum Gasteiger partial charge on any atom is 2.00 e. The molecule has 0 unspecified atom stereocenters. The number of hydrogen-bond acceptors (Lipinski definition) is 10. The first-order valence-corrected chi connectivity index (χ1v) is 20.7. The van der Waals surface area contributed by atoms with E-state index in [4.69, 9.17) is 9.98 Å². The van der Waals surface area contributed by atoms with Crippen LogP contribution in [-0.2, 0) is 42.2 Å². The summed E-state index contributed by atoms with van der Waals surface area (Å²) in [5, 5.41) is 60.2. The van der Waals surface area contributed by atoms with E-state index in [9.17, 15) is 40.2 Å². The molecule has 0 spiro atoms. The third kappa shape index (κ3) is 16.6. The molecule has 0 aromatic heterocycles. The van der Waals surface area contributed by atoms with Crippen molar-refractivity contribution in [3.63, 3.8) is 0 Å². The van der Waals surface area contributed by atoms with Gasteiger partial charge in [0.15, 0.2) is 23.0 Å². The van der Waals surface area contributed by atoms with Crippen molar-refractivity contribution in [3.8, 4) is 23.0 Å². The molecule has 0 bridgehead atoms. The molecule has 11 heteroatoms. The van der Waals surface area contributed by atoms with Crippen LogP contribution in [0.3, 0.4) is 0 Å². The molecule has 0 heterocycles. The quantitative estimate of drug-likeness (QED) is 0.0408. The van der Waals surface area contributed by atoms with Crippen LogP contribution in [0.4, 0.5) is 11.4 Å². The van der Waals surface area contributed by atoms with Gasteiger partial charge in [-0.15, -0.1) is 0 Å². The fourth-order valence-corrected chi connectivity index (χ4v) is 6.39. The number of aromatic hydroxyl groups is 4. The second-order valence-electron chi connectivity index (χ2n) is 14.0. The Bertz CT molecular complexity index is 1810. The minimum atomic E-state index is -1.45. The van der Waals surface area contributed by atoms with Gasteiger partial charge in [0.1, 0.15) is 0 Å². The number of unbranched alkanes of at least 4 members (excludes halogenated alkanes) is 4. The number of carboxylic acids is 2. The van der Waals surface area contributed by atoms with Gasteiger partial charge in [0, 0.05) is 11.1 Å². The van der Waals surface area contributed by atoms with Gasteiger partial charge in [-0.1, -0.05) is 104 Å². The molecule has 322 valence electrons. The number of para-hydroxylation sites is 2. The van der Waals surface area contributed by atoms with Gasteiger partial charge in [-0.2, -0.15) is 0 Å². The maximum atomic E-state index is 11.0. The normalized spacial score (nSPS) is 11.1. The summed E-state index contributed by atoms with van der Waals surface area (Å²) in [5.74, 6) is -4.87. The van der Waals surface area contributed by atoms with Crippen molar-refractivity contribution in [1.82, 2.24) is 0 Å². The number of aryl methyl sites for hydroxylation is 2. The Balaban J connectivity index is 0.000000450. The number of nitrogens with zero attached hydrogens (tertiary/aromatic N) is 2. The zero-order valence-electron chi connectivity index (χ0n) is 35.5. The summed E-state index contributed by atoms with van der Waals surface area (Å²) < 4.78 is 0. The molecule has 0 saturated carbocycles. The van der Waals surface area contributed by atoms with Gasteiger partial charge in [0.25, 0.3) is 0 Å². The van der Waals surface area contributed by atoms with Crippen molar-refractivity contribution in [2.45, 2.75) is 131 Å². The molecular weight excluding hydrogens is 791 g/mol. The van der Waals surface area contributed by atoms with E-state index in [1.165, 1.54) is 25.0 Å². The Hall–Kier alpha value is -5.15. The van der Waals surface area contributed by atoms with Gasteiger partial charge in [0.2, 0.25) is 0 Å². The molecule has 0 amide bonds. The summed E-state index contributed by atoms with van der Waals surface area (Å²) in [4.78, 5) is 32.0. The van der Waals surface area contributed by atoms with Gasteiger partial charge in [0.05, 0.1) is 34.7 Å². The first-order valence-electron chi connectivity index (χ1n) is 20.7. The fourth-order valence-electron chi connectivity index (χ4n) is 6.39. The molecule has 10 nitrogen and oxygen atoms in total. The molecular formula is C48H62N2NiO8. The Morgan fingerprint density at radius 1 is 0.525 bits per heavy atom. The molecule has 59 heavy (non-hydrogen) atoms. The number of aliphatic imine (C=N–C) groups is 2. The molecule has 0 atom stereocenters. The van der Waals surface area contributed by atoms with E-state index >= 15 is 0 Å². The Morgan fingerprint density at radius 2 is 0.847 bits per heavy atom. The molecule has 0 radical (unpaired) electrons. The number of aromatic carboxylic acids is 2. The summed E-state index contributed by atoms with van der Waals surface area (Å²) in [7, 11) is 0. The topological polar surface area (TPSA) is 186 Å². The number of carboxylic acid groups (broad SMARTS) is 2. The Morgan fingerprint density at radius 3 is 1.12 bits per heavy atom. The largest absolute Gasteiger partial charge is 2.00 e. The van der Waals surface area contributed by atoms with E-state index in [0.29, 0.717) is 36.8 Å². The molecule has 0 aliphatic rings. The van der Waals surface area contributed by atoms with E-state index in [1.54, 1.807) is 0 Å². The third-order valence-electron chi connectivity index (χ3n) is 9.60. The van der Waals surface area contributed by atoms with Crippen LogP contribution in [0.1, 0.15) is 149 Å². The van der Waals surface area contributed by atoms with Crippen LogP contribution in [0.5, 0.6) is 23.0 Å². The number of phenols is 4. The predicted octanol–water partition coefficient (Wildman–Crippen LogP) is 9.64. The van der Waals surface area contributed by atoms with Gasteiger partial charge in [-0.3, -0.25) is 9.98 Å². The average Bonchev–Trinajstić information content (AvgIpc) is 3.22. The van der Waals surface area contributed by atoms with E-state index in [2.05, 4.69) is 38.1 Å². The number of carbonyl (C=O) groups excluding carboxylic acids is 2. The second-order valence-corrected chi connectivity index (χ2v) is 14.0. The van der Waals surface area contributed by atoms with Crippen molar-refractivity contribution < 1.29 is 56.7 Å². The first kappa shape index (κ1) is 51.9. The summed E-state index contributed by atoms with van der Waals surface area (Å²) >= 11 is 0. The predicted molar refractivity (Wildman–Crippen MR) is 230 cm³/mol. The second kappa shape index (κ2) is 28.3. The van der Waals surface area contributed by atoms with Crippen LogP contribution in [0.25, 0.3) is 0 Å². The van der Waals surface area contributed by atoms with Gasteiger partial charge in [-0.25, -0.2) is 0 Å². The fraction of sp³-hybridized carbons (Fsp3) is 0.417. The molecule has 4 aromatic rings. The molecule has 0 aliphatic heterocycles. The monoisotopic (exact) mass is 852 g/mol. The third-order valence-corrected chi connectivity index (χ3v) is 9.60. The van der Waals surface area contributed by atoms with Crippen LogP contribution in [0, 0.1) is 0 Å². The van der Waals surface area contributed by atoms with E-state index in [0.717, 1.165) is 85.3 Å². The maximum absolute atomic E-state index is 11.0. The van der Waals surface area contributed by atoms with Crippen molar-refractivity contribution in [2.24, 2.45) is 9.98 Å². The van der Waals surface area contributed by atoms with Gasteiger partial charge >= 0.3 is 16.5 Å². The Labute approximate surface area is 360 Å². The number of benzene rings is 4. The molecule has 0 fully saturated rings. The minimum absolute atomic E-state index is 0. The smallest absolute Gasteiger partial charge is 0.545 e. The molecule has 4 rings (SSSR count). The van der Waals surface area contributed by atoms with Gasteiger partial charge in [-0.05, 0) is 123 Å². The molecule has 4 N–H and O–H groups in total. The van der Waals surface area contributed by atoms with Crippen molar-refractivity contribution >= 4 is 34.7 Å². The van der Waals surface area contributed by atoms with Crippen LogP contribution in [-0.4, -0.2) is 43.8 Å². The zero-order chi connectivity index (χ0) is 43.0. The molecule has 0 aliphatic carbocycles. The summed E-state index contributed by atoms with van der Waals surface area (Å²) in [5.41, 5.74) is 6.41. The summed E-state index contributed by atoms with van der Waals surface area (Å²) in [6.07, 6.45) is 12.5. The first-order chi connectivity index (χ1) is 27.9. The zero-order valence-corrected chi connectivity index (χ0v) is 36.4. The molecule has 4 aromatic carbocycles. The van der Waals surface area contributed by atoms with Crippen molar-refractivity contribution in [3.05, 3.63) is 106 Å². The number of hydrogen-bond donors (Lipinski definition) is 4. The molecule has 0 saturated heterocycles. The number of carbonyl (C=O) groups is 2. The van der Waals surface area contributed by atoms with Crippen molar-refractivity contribution in [2.75, 3.05) is 0 Å². The van der Waals surface area contributed by atoms with E-state index < -0.39 is 34.9 Å². The summed E-state index contributed by atoms with van der Waals surface area (Å²) in [6, 6.07) is 23.3. The van der Waals surface area contributed by atoms with E-state index in [1.807, 2.05) is 64.1 Å². The van der Waals surface area contributed by atoms with Gasteiger partial charge < -0.3 is 40.2 Å². The standard InChI is InChI=1S/C22H28N2.2C13H18O4.Ni/c1-3-5-17-21(23-19-13-9-7-10-14-19)22(18-6-4-2)24-20-15-11-8-12-16-20;2*1-3-5-6-9-8(4-2)7-10(14)12(15)11(9)13(16)17;/h7-16H,3-6,17-18H2,1-2H3;2*7,14-15H,3-6H2,1-2H3,(H,16,17);/q;;;+2/p-2. The summed E-state index contributed by atoms with van der Waals surface area (Å²) in [6.45, 7) is 12.2. The Kier molecular flexibility index (Phi) is 24.9. The minimum Gasteiger partial charge on any atom is -0.545 e. The van der Waals surface area contributed by atoms with E-state index in [-0.39, 0.29) is 27.6 Å². The van der Waals surface area contributed by atoms with Crippen LogP contribution < -0.4 is 10.2 Å². The van der Waals surface area contributed by atoms with Crippen LogP contribution in [0.2, 0.25) is 0 Å². The van der Waals surface area contributed by atoms with Crippen LogP contribution in [0.15, 0.2) is 82.8 Å². The average molecular weight is 854 g/mol.